The van der Waals surface area contributed by atoms with Crippen molar-refractivity contribution in [3.63, 3.8) is 0 Å². The number of aryl methyl sites for hydroxylation is 1. The first-order valence-electron chi connectivity index (χ1n) is 14.0. The van der Waals surface area contributed by atoms with Crippen LogP contribution in [-0.2, 0) is 40.5 Å². The van der Waals surface area contributed by atoms with Gasteiger partial charge in [-0.2, -0.15) is 5.10 Å². The number of allylic oxidation sites excluding steroid dienone is 3. The number of rotatable bonds is 9. The number of hydrogen-bond donors (Lipinski definition) is 2. The second-order valence-electron chi connectivity index (χ2n) is 10.3. The summed E-state index contributed by atoms with van der Waals surface area (Å²) in [5.74, 6) is 0.148. The topological polar surface area (TPSA) is 67.2 Å². The molecule has 0 saturated heterocycles. The molecule has 0 fully saturated rings. The molecule has 0 unspecified atom stereocenters. The summed E-state index contributed by atoms with van der Waals surface area (Å²) in [6.45, 7) is 0.455. The monoisotopic (exact) mass is 646 g/mol. The Kier molecular flexibility index (Phi) is 9.69. The molecule has 4 aromatic carbocycles. The molecule has 0 aliphatic carbocycles. The molecule has 212 valence electrons. The van der Waals surface area contributed by atoms with Crippen LogP contribution in [-0.4, -0.2) is 20.8 Å². The number of para-hydroxylation sites is 1. The molecule has 1 aromatic heterocycles. The quantitative estimate of drug-likeness (QED) is 0.102. The maximum Gasteiger partial charge on any atom is 0.251 e. The molecule has 1 aliphatic heterocycles. The van der Waals surface area contributed by atoms with E-state index >= 15 is 0 Å². The number of fused-ring (bicyclic) bond motifs is 1. The van der Waals surface area contributed by atoms with Gasteiger partial charge in [-0.3, -0.25) is 9.48 Å². The molecule has 6 heteroatoms. The van der Waals surface area contributed by atoms with Gasteiger partial charge >= 0.3 is 0 Å². The van der Waals surface area contributed by atoms with Crippen molar-refractivity contribution in [1.82, 2.24) is 15.1 Å². The van der Waals surface area contributed by atoms with Crippen molar-refractivity contribution in [2.45, 2.75) is 25.8 Å². The van der Waals surface area contributed by atoms with Crippen LogP contribution in [0.15, 0.2) is 121 Å². The van der Waals surface area contributed by atoms with Crippen LogP contribution in [0.1, 0.15) is 50.3 Å². The molecule has 0 bridgehead atoms. The van der Waals surface area contributed by atoms with Gasteiger partial charge in [-0.25, -0.2) is 11.8 Å². The zero-order valence-electron chi connectivity index (χ0n) is 23.5. The van der Waals surface area contributed by atoms with Crippen LogP contribution in [0.3, 0.4) is 0 Å². The van der Waals surface area contributed by atoms with Crippen molar-refractivity contribution in [1.29, 1.82) is 0 Å². The third kappa shape index (κ3) is 7.21. The van der Waals surface area contributed by atoms with Crippen molar-refractivity contribution in [2.24, 2.45) is 0 Å². The van der Waals surface area contributed by atoms with E-state index in [4.69, 9.17) is 0 Å². The molecular weight excluding hydrogens is 614 g/mol. The molecule has 2 heterocycles. The molecule has 0 spiro atoms. The number of nitrogens with zero attached hydrogens (tertiary/aromatic N) is 2. The Morgan fingerprint density at radius 2 is 1.56 bits per heavy atom. The first-order valence-corrected chi connectivity index (χ1v) is 14.0. The van der Waals surface area contributed by atoms with Crippen molar-refractivity contribution < 1.29 is 31.0 Å². The van der Waals surface area contributed by atoms with E-state index in [1.165, 1.54) is 11.1 Å². The third-order valence-electron chi connectivity index (χ3n) is 7.40. The number of amides is 1. The van der Waals surface area contributed by atoms with Gasteiger partial charge in [-0.15, -0.1) is 6.08 Å². The number of phenols is 1. The van der Waals surface area contributed by atoms with E-state index in [-0.39, 0.29) is 32.7 Å². The third-order valence-corrected chi connectivity index (χ3v) is 7.40. The van der Waals surface area contributed by atoms with Gasteiger partial charge in [0.15, 0.2) is 0 Å². The zero-order valence-corrected chi connectivity index (χ0v) is 25.5. The first-order chi connectivity index (χ1) is 20.6. The van der Waals surface area contributed by atoms with Gasteiger partial charge in [0.2, 0.25) is 0 Å². The minimum atomic E-state index is -0.0698. The molecule has 0 saturated carbocycles. The Morgan fingerprint density at radius 3 is 2.37 bits per heavy atom. The summed E-state index contributed by atoms with van der Waals surface area (Å²) in [7, 11) is 0. The molecule has 5 nitrogen and oxygen atoms in total. The van der Waals surface area contributed by atoms with Crippen LogP contribution in [0.4, 0.5) is 0 Å². The smallest absolute Gasteiger partial charge is 0.251 e. The fourth-order valence-electron chi connectivity index (χ4n) is 5.14. The Balaban J connectivity index is 0.00000368. The Bertz CT molecular complexity index is 1810. The largest absolute Gasteiger partial charge is 0.507 e. The normalized spacial score (nSPS) is 11.9. The van der Waals surface area contributed by atoms with Crippen molar-refractivity contribution >= 4 is 23.3 Å². The number of benzene rings is 4. The van der Waals surface area contributed by atoms with E-state index in [9.17, 15) is 9.90 Å². The molecule has 6 rings (SSSR count). The summed E-state index contributed by atoms with van der Waals surface area (Å²) in [5, 5.41) is 18.0. The van der Waals surface area contributed by atoms with E-state index in [0.29, 0.717) is 18.5 Å². The van der Waals surface area contributed by atoms with Gasteiger partial charge in [-0.05, 0) is 65.9 Å². The summed E-state index contributed by atoms with van der Waals surface area (Å²) in [4.78, 5) is 13.1. The van der Waals surface area contributed by atoms with Gasteiger partial charge in [0.05, 0.1) is 0 Å². The number of hydrogen-bond acceptors (Lipinski definition) is 3. The van der Waals surface area contributed by atoms with E-state index < -0.39 is 0 Å². The standard InChI is InChI=1S/C37H30N3O2.Mo/c41-36-13-7-6-11-34(36)31-19-21-32-22-23-39-40(32)33(25-31)20-18-27-14-16-29(17-15-27)26-38-37(42)35-12-5-4-10-30(35)24-28-8-2-1-3-9-28;/h1-17,21,23,25,41H,18,20,24,26H2,(H,38,42);/q-1;. The van der Waals surface area contributed by atoms with Crippen LogP contribution >= 0.6 is 0 Å². The fraction of sp³-hybridized carbons (Fsp3) is 0.108. The summed E-state index contributed by atoms with van der Waals surface area (Å²) in [6.07, 6.45) is 7.80. The van der Waals surface area contributed by atoms with Crippen LogP contribution in [0.25, 0.3) is 17.3 Å². The average Bonchev–Trinajstić information content (AvgIpc) is 3.43. The molecule has 0 atom stereocenters. The van der Waals surface area contributed by atoms with Gasteiger partial charge in [-0.1, -0.05) is 96.7 Å². The Morgan fingerprint density at radius 1 is 0.837 bits per heavy atom. The second kappa shape index (κ2) is 14.0. The summed E-state index contributed by atoms with van der Waals surface area (Å²) in [5.41, 5.74) is 11.8. The van der Waals surface area contributed by atoms with Crippen LogP contribution in [0.2, 0.25) is 0 Å². The Hall–Kier alpha value is -4.69. The molecular formula is C37H30MoN3O2-. The SMILES string of the molecule is O=C(NCc1ccc(CCC2=CC(c3ccccc3O)=C=Cc3[c-]cnn32)cc1)c1ccccc1Cc1ccccc1.[Mo]. The summed E-state index contributed by atoms with van der Waals surface area (Å²) < 4.78 is 1.87. The molecule has 1 aliphatic rings. The van der Waals surface area contributed by atoms with E-state index in [0.717, 1.165) is 46.5 Å². The maximum absolute atomic E-state index is 13.1. The van der Waals surface area contributed by atoms with Gasteiger partial charge in [0, 0.05) is 50.0 Å². The number of phenolic OH excluding ortho intramolecular Hbond substituents is 1. The van der Waals surface area contributed by atoms with Crippen LogP contribution in [0.5, 0.6) is 5.75 Å². The predicted molar refractivity (Wildman–Crippen MR) is 166 cm³/mol. The predicted octanol–water partition coefficient (Wildman–Crippen LogP) is 7.09. The second-order valence-corrected chi connectivity index (χ2v) is 10.3. The van der Waals surface area contributed by atoms with Crippen molar-refractivity contribution in [2.75, 3.05) is 0 Å². The average molecular weight is 645 g/mol. The van der Waals surface area contributed by atoms with Crippen molar-refractivity contribution in [3.8, 4) is 5.75 Å². The number of aromatic hydroxyl groups is 1. The fourth-order valence-corrected chi connectivity index (χ4v) is 5.14. The number of carbonyl (C=O) groups excluding carboxylic acids is 1. The van der Waals surface area contributed by atoms with Gasteiger partial charge in [0.1, 0.15) is 5.75 Å². The van der Waals surface area contributed by atoms with Gasteiger partial charge < -0.3 is 10.4 Å². The van der Waals surface area contributed by atoms with Crippen LogP contribution in [0, 0.1) is 6.07 Å². The van der Waals surface area contributed by atoms with E-state index in [1.54, 1.807) is 12.3 Å². The number of nitrogens with one attached hydrogen (secondary N) is 1. The molecule has 1 amide bonds. The van der Waals surface area contributed by atoms with E-state index in [1.807, 2.05) is 77.5 Å². The van der Waals surface area contributed by atoms with Crippen molar-refractivity contribution in [3.05, 3.63) is 166 Å². The summed E-state index contributed by atoms with van der Waals surface area (Å²) in [6, 6.07) is 36.8. The molecule has 5 aromatic rings. The summed E-state index contributed by atoms with van der Waals surface area (Å²) >= 11 is 0. The number of aromatic nitrogens is 2. The molecule has 0 radical (unpaired) electrons. The maximum atomic E-state index is 13.1. The minimum Gasteiger partial charge on any atom is -0.507 e. The van der Waals surface area contributed by atoms with E-state index in [2.05, 4.69) is 58.6 Å². The minimum absolute atomic E-state index is 0. The molecule has 2 N–H and O–H groups in total. The van der Waals surface area contributed by atoms with Gasteiger partial charge in [0.25, 0.3) is 5.91 Å². The molecule has 43 heavy (non-hydrogen) atoms. The number of carbonyl (C=O) groups is 1. The van der Waals surface area contributed by atoms with Crippen LogP contribution < -0.4 is 5.32 Å². The zero-order chi connectivity index (χ0) is 28.7. The first kappa shape index (κ1) is 29.8. The Labute approximate surface area is 266 Å².